The Hall–Kier alpha value is -5.86. The van der Waals surface area contributed by atoms with Crippen molar-refractivity contribution in [3.63, 3.8) is 0 Å². The Labute approximate surface area is 456 Å². The molecule has 1 aromatic rings. The fourth-order valence-electron chi connectivity index (χ4n) is 8.91. The van der Waals surface area contributed by atoms with Gasteiger partial charge in [0.05, 0.1) is 30.3 Å². The summed E-state index contributed by atoms with van der Waals surface area (Å²) in [4.78, 5) is 105. The molecule has 0 aromatic heterocycles. The first-order valence-electron chi connectivity index (χ1n) is 26.3. The number of esters is 4. The maximum atomic E-state index is 14.3. The molecule has 2 heterocycles. The lowest BCUT2D eigenvalue weighted by molar-refractivity contribution is -0.319. The molecule has 1 aliphatic carbocycles. The van der Waals surface area contributed by atoms with Gasteiger partial charge in [-0.15, -0.1) is 0 Å². The van der Waals surface area contributed by atoms with Crippen LogP contribution in [0.1, 0.15) is 135 Å². The second kappa shape index (κ2) is 28.9. The maximum absolute atomic E-state index is 14.3. The highest BCUT2D eigenvalue weighted by Gasteiger charge is 2.55. The summed E-state index contributed by atoms with van der Waals surface area (Å²) in [5.74, 6) is -3.88. The molecule has 0 spiro atoms. The van der Waals surface area contributed by atoms with E-state index in [-0.39, 0.29) is 38.8 Å². The Bertz CT molecular complexity index is 2180. The van der Waals surface area contributed by atoms with Gasteiger partial charge >= 0.3 is 42.2 Å². The van der Waals surface area contributed by atoms with Crippen LogP contribution in [0.4, 0.5) is 14.4 Å². The average molecular weight is 1110 g/mol. The second-order valence-corrected chi connectivity index (χ2v) is 22.4. The van der Waals surface area contributed by atoms with Gasteiger partial charge in [-0.1, -0.05) is 43.7 Å². The van der Waals surface area contributed by atoms with Crippen LogP contribution in [0.25, 0.3) is 0 Å². The Balaban J connectivity index is 1.91. The fourth-order valence-corrected chi connectivity index (χ4v) is 8.91. The Morgan fingerprint density at radius 2 is 1.18 bits per heavy atom. The number of hydrogen-bond donors (Lipinski definition) is 6. The summed E-state index contributed by atoms with van der Waals surface area (Å²) in [5, 5.41) is 27.4. The van der Waals surface area contributed by atoms with Crippen LogP contribution in [-0.2, 0) is 82.6 Å². The van der Waals surface area contributed by atoms with Crippen LogP contribution in [0.2, 0.25) is 0 Å². The first kappa shape index (κ1) is 64.7. The number of nitrogens with one attached hydrogen (secondary N) is 5. The predicted molar refractivity (Wildman–Crippen MR) is 275 cm³/mol. The molecule has 2 aliphatic heterocycles. The molecule has 78 heavy (non-hydrogen) atoms. The fraction of sp³-hybridized carbons (Fsp3) is 0.736. The summed E-state index contributed by atoms with van der Waals surface area (Å²) in [7, 11) is 0. The van der Waals surface area contributed by atoms with E-state index < -0.39 is 157 Å². The SMILES string of the molecule is CCC[C@H](OC(C)=O)C(=O)N[C@@H]1C[C@@H](NC(=O)OC(C)(C)C)C(O[C@H]2OC(CNC(=O)OC(C)(C)C)CCC2NC(=O)OC(C)(C)C)C(O)[C@H]1O[C@H]1OC(COC(C)=O)[C@@H](OC(C)=O)[C@H](NCc2ccccc2)C1OC(C)=O. The molecule has 4 rings (SSSR count). The van der Waals surface area contributed by atoms with E-state index in [1.165, 1.54) is 0 Å². The molecule has 6 N–H and O–H groups in total. The van der Waals surface area contributed by atoms with Crippen LogP contribution < -0.4 is 26.6 Å². The van der Waals surface area contributed by atoms with Crippen LogP contribution in [-0.4, -0.2) is 169 Å². The summed E-state index contributed by atoms with van der Waals surface area (Å²) in [5.41, 5.74) is -2.02. The number of aliphatic hydroxyl groups is 1. The molecule has 1 saturated carbocycles. The van der Waals surface area contributed by atoms with Crippen molar-refractivity contribution in [3.05, 3.63) is 35.9 Å². The van der Waals surface area contributed by atoms with Crippen molar-refractivity contribution in [1.82, 2.24) is 26.6 Å². The van der Waals surface area contributed by atoms with Gasteiger partial charge in [-0.2, -0.15) is 0 Å². The molecule has 0 radical (unpaired) electrons. The number of amides is 4. The summed E-state index contributed by atoms with van der Waals surface area (Å²) >= 11 is 0. The minimum absolute atomic E-state index is 0.0803. The Morgan fingerprint density at radius 3 is 1.72 bits per heavy atom. The van der Waals surface area contributed by atoms with E-state index in [4.69, 9.17) is 52.1 Å². The van der Waals surface area contributed by atoms with E-state index in [0.29, 0.717) is 6.42 Å². The largest absolute Gasteiger partial charge is 0.463 e. The number of aliphatic hydroxyl groups excluding tert-OH is 1. The van der Waals surface area contributed by atoms with Gasteiger partial charge in [0.25, 0.3) is 5.91 Å². The smallest absolute Gasteiger partial charge is 0.408 e. The Morgan fingerprint density at radius 1 is 0.641 bits per heavy atom. The highest BCUT2D eigenvalue weighted by Crippen LogP contribution is 2.35. The van der Waals surface area contributed by atoms with E-state index >= 15 is 0 Å². The van der Waals surface area contributed by atoms with Crippen molar-refractivity contribution in [2.24, 2.45) is 0 Å². The van der Waals surface area contributed by atoms with E-state index in [1.54, 1.807) is 81.4 Å². The third-order valence-electron chi connectivity index (χ3n) is 11.9. The van der Waals surface area contributed by atoms with E-state index in [1.807, 2.05) is 18.2 Å². The van der Waals surface area contributed by atoms with Gasteiger partial charge < -0.3 is 83.8 Å². The molecule has 1 aromatic carbocycles. The number of carbonyl (C=O) groups excluding carboxylic acids is 8. The van der Waals surface area contributed by atoms with E-state index in [9.17, 15) is 43.5 Å². The van der Waals surface area contributed by atoms with Crippen LogP contribution in [0.15, 0.2) is 30.3 Å². The highest BCUT2D eigenvalue weighted by molar-refractivity contribution is 5.83. The number of benzene rings is 1. The number of alkyl carbamates (subject to hydrolysis) is 3. The summed E-state index contributed by atoms with van der Waals surface area (Å²) in [6.07, 6.45) is -16.7. The first-order chi connectivity index (χ1) is 36.3. The van der Waals surface area contributed by atoms with Crippen LogP contribution in [0, 0.1) is 0 Å². The molecule has 6 unspecified atom stereocenters. The van der Waals surface area contributed by atoms with Crippen LogP contribution >= 0.6 is 0 Å². The summed E-state index contributed by atoms with van der Waals surface area (Å²) in [6.45, 7) is 20.9. The van der Waals surface area contributed by atoms with Crippen molar-refractivity contribution in [3.8, 4) is 0 Å². The zero-order valence-electron chi connectivity index (χ0n) is 47.3. The number of carbonyl (C=O) groups is 8. The Kier molecular flexibility index (Phi) is 23.9. The number of hydrogen-bond acceptors (Lipinski definition) is 21. The van der Waals surface area contributed by atoms with Crippen LogP contribution in [0.5, 0.6) is 0 Å². The van der Waals surface area contributed by atoms with Gasteiger partial charge in [0, 0.05) is 40.8 Å². The summed E-state index contributed by atoms with van der Waals surface area (Å²) < 4.78 is 65.7. The standard InChI is InChI=1S/C53H83N5O20/c1-15-19-37(69-29(3)60)45(64)56-35-24-36(58-50(67)78-53(12,13)14)42(74-46-34(57-49(66)77-52(9,10)11)23-22-33(72-46)26-55-48(65)76-51(6,7)8)40(63)41(35)75-47-44(71-31(5)62)39(54-25-32-20-17-16-18-21-32)43(70-30(4)61)38(73-47)27-68-28(2)59/h16-18,20-21,33-44,46-47,54,63H,15,19,22-27H2,1-14H3,(H,55,65)(H,56,64)(H,57,66)(H,58,67)/t33?,34?,35-,36-,37+,38?,39+,40?,41+,42?,43-,44?,46-,47-/m1/s1. The lowest BCUT2D eigenvalue weighted by Gasteiger charge is -2.50. The normalized spacial score (nSPS) is 27.8. The first-order valence-corrected chi connectivity index (χ1v) is 26.3. The molecule has 25 nitrogen and oxygen atoms in total. The number of rotatable bonds is 20. The molecule has 14 atom stereocenters. The van der Waals surface area contributed by atoms with Crippen molar-refractivity contribution in [2.45, 2.75) is 238 Å². The minimum Gasteiger partial charge on any atom is -0.463 e. The molecule has 2 saturated heterocycles. The zero-order chi connectivity index (χ0) is 58.3. The van der Waals surface area contributed by atoms with E-state index in [0.717, 1.165) is 33.3 Å². The van der Waals surface area contributed by atoms with Gasteiger partial charge in [-0.25, -0.2) is 14.4 Å². The predicted octanol–water partition coefficient (Wildman–Crippen LogP) is 3.86. The minimum atomic E-state index is -1.95. The molecule has 440 valence electrons. The average Bonchev–Trinajstić information content (AvgIpc) is 3.29. The molecule has 25 heteroatoms. The topological polar surface area (TPSA) is 318 Å². The highest BCUT2D eigenvalue weighted by atomic mass is 16.7. The molecular weight excluding hydrogens is 1030 g/mol. The van der Waals surface area contributed by atoms with Gasteiger partial charge in [-0.3, -0.25) is 24.0 Å². The zero-order valence-corrected chi connectivity index (χ0v) is 47.3. The third kappa shape index (κ3) is 21.8. The molecular formula is C53H83N5O20. The maximum Gasteiger partial charge on any atom is 0.408 e. The lowest BCUT2D eigenvalue weighted by Crippen LogP contribution is -2.71. The van der Waals surface area contributed by atoms with Crippen molar-refractivity contribution in [1.29, 1.82) is 0 Å². The third-order valence-corrected chi connectivity index (χ3v) is 11.9. The molecule has 0 bridgehead atoms. The van der Waals surface area contributed by atoms with E-state index in [2.05, 4.69) is 26.6 Å². The number of ether oxygens (including phenoxy) is 11. The molecule has 4 amide bonds. The molecule has 3 fully saturated rings. The second-order valence-electron chi connectivity index (χ2n) is 22.4. The quantitative estimate of drug-likeness (QED) is 0.0797. The van der Waals surface area contributed by atoms with Crippen LogP contribution in [0.3, 0.4) is 0 Å². The monoisotopic (exact) mass is 1110 g/mol. The van der Waals surface area contributed by atoms with Crippen molar-refractivity contribution in [2.75, 3.05) is 13.2 Å². The molecule has 3 aliphatic rings. The lowest BCUT2D eigenvalue weighted by atomic mass is 9.83. The van der Waals surface area contributed by atoms with Crippen molar-refractivity contribution >= 4 is 48.1 Å². The van der Waals surface area contributed by atoms with Gasteiger partial charge in [0.1, 0.15) is 47.8 Å². The van der Waals surface area contributed by atoms with Gasteiger partial charge in [0.15, 0.2) is 30.9 Å². The van der Waals surface area contributed by atoms with Gasteiger partial charge in [0.2, 0.25) is 0 Å². The van der Waals surface area contributed by atoms with Gasteiger partial charge in [-0.05, 0) is 93.6 Å². The van der Waals surface area contributed by atoms with Crippen molar-refractivity contribution < 1.29 is 95.6 Å². The summed E-state index contributed by atoms with van der Waals surface area (Å²) in [6, 6.07) is 4.22.